The van der Waals surface area contributed by atoms with Gasteiger partial charge in [-0.2, -0.15) is 5.26 Å². The Bertz CT molecular complexity index is 959. The van der Waals surface area contributed by atoms with Crippen LogP contribution in [0.25, 0.3) is 0 Å². The molecule has 1 atom stereocenters. The molecule has 1 heterocycles. The molecule has 1 aromatic rings. The van der Waals surface area contributed by atoms with Crippen LogP contribution in [-0.2, 0) is 4.79 Å². The van der Waals surface area contributed by atoms with E-state index in [1.54, 1.807) is 11.0 Å². The van der Waals surface area contributed by atoms with Gasteiger partial charge in [-0.3, -0.25) is 4.79 Å². The van der Waals surface area contributed by atoms with E-state index in [1.807, 2.05) is 26.1 Å². The molecule has 6 nitrogen and oxygen atoms in total. The van der Waals surface area contributed by atoms with Gasteiger partial charge in [-0.1, -0.05) is 12.7 Å². The minimum absolute atomic E-state index is 0.0596. The molecule has 7 heteroatoms. The highest BCUT2D eigenvalue weighted by molar-refractivity contribution is 9.10. The molecule has 2 N–H and O–H groups in total. The first-order chi connectivity index (χ1) is 13.9. The van der Waals surface area contributed by atoms with Crippen LogP contribution in [-0.4, -0.2) is 30.9 Å². The molecule has 2 aliphatic rings. The van der Waals surface area contributed by atoms with Crippen molar-refractivity contribution in [2.45, 2.75) is 32.1 Å². The maximum atomic E-state index is 12.9. The maximum absolute atomic E-state index is 12.9. The van der Waals surface area contributed by atoms with Crippen molar-refractivity contribution >= 4 is 21.7 Å². The number of benzene rings is 1. The standard InChI is InChI=1S/C22H24BrN3O3/c1-4-9-29-21-15(23)10-13(11-18(21)28-5-2)19-14(12-24)22(25)26(3)16-7-6-8-17(27)20(16)19/h4,10-11,19H,1,5-9,25H2,2-3H3/t19-/m0/s1. The summed E-state index contributed by atoms with van der Waals surface area (Å²) in [5.41, 5.74) is 8.98. The van der Waals surface area contributed by atoms with Crippen molar-refractivity contribution in [1.82, 2.24) is 4.90 Å². The highest BCUT2D eigenvalue weighted by Crippen LogP contribution is 2.47. The Labute approximate surface area is 179 Å². The van der Waals surface area contributed by atoms with E-state index in [0.717, 1.165) is 24.1 Å². The zero-order valence-electron chi connectivity index (χ0n) is 16.6. The van der Waals surface area contributed by atoms with Crippen LogP contribution in [0.15, 0.2) is 51.9 Å². The van der Waals surface area contributed by atoms with Crippen molar-refractivity contribution in [2.24, 2.45) is 5.73 Å². The first kappa shape index (κ1) is 21.0. The molecule has 152 valence electrons. The number of carbonyl (C=O) groups excluding carboxylic acids is 1. The minimum Gasteiger partial charge on any atom is -0.490 e. The summed E-state index contributed by atoms with van der Waals surface area (Å²) in [5.74, 6) is 1.02. The number of halogens is 1. The third-order valence-corrected chi connectivity index (χ3v) is 5.77. The van der Waals surface area contributed by atoms with Gasteiger partial charge in [0.25, 0.3) is 0 Å². The molecule has 1 aromatic carbocycles. The average Bonchev–Trinajstić information content (AvgIpc) is 2.70. The normalized spacial score (nSPS) is 19.0. The number of Topliss-reactive ketones (excluding diaryl/α,β-unsaturated/α-hetero) is 1. The first-order valence-electron chi connectivity index (χ1n) is 9.54. The quantitative estimate of drug-likeness (QED) is 0.645. The SMILES string of the molecule is C=CCOc1c(Br)cc([C@H]2C(C#N)=C(N)N(C)C3=C2C(=O)CCC3)cc1OCC. The molecule has 3 rings (SSSR count). The van der Waals surface area contributed by atoms with Gasteiger partial charge in [0.1, 0.15) is 12.4 Å². The van der Waals surface area contributed by atoms with Gasteiger partial charge in [-0.15, -0.1) is 0 Å². The van der Waals surface area contributed by atoms with E-state index in [2.05, 4.69) is 28.6 Å². The molecular formula is C22H24BrN3O3. The van der Waals surface area contributed by atoms with E-state index in [9.17, 15) is 10.1 Å². The van der Waals surface area contributed by atoms with Crippen molar-refractivity contribution in [3.05, 3.63) is 57.5 Å². The van der Waals surface area contributed by atoms with Gasteiger partial charge < -0.3 is 20.1 Å². The van der Waals surface area contributed by atoms with E-state index in [4.69, 9.17) is 15.2 Å². The Hall–Kier alpha value is -2.72. The van der Waals surface area contributed by atoms with Crippen molar-refractivity contribution in [1.29, 1.82) is 5.26 Å². The van der Waals surface area contributed by atoms with Gasteiger partial charge in [0.15, 0.2) is 17.3 Å². The van der Waals surface area contributed by atoms with Crippen LogP contribution in [0.2, 0.25) is 0 Å². The molecule has 0 amide bonds. The lowest BCUT2D eigenvalue weighted by atomic mass is 9.76. The minimum atomic E-state index is -0.525. The number of nitriles is 1. The number of rotatable bonds is 6. The third-order valence-electron chi connectivity index (χ3n) is 5.18. The number of hydrogen-bond acceptors (Lipinski definition) is 6. The second kappa shape index (κ2) is 8.75. The first-order valence-corrected chi connectivity index (χ1v) is 10.3. The molecule has 0 fully saturated rings. The largest absolute Gasteiger partial charge is 0.490 e. The maximum Gasteiger partial charge on any atom is 0.175 e. The van der Waals surface area contributed by atoms with Crippen LogP contribution in [0, 0.1) is 11.3 Å². The van der Waals surface area contributed by atoms with E-state index in [1.165, 1.54) is 0 Å². The highest BCUT2D eigenvalue weighted by atomic mass is 79.9. The molecule has 0 saturated heterocycles. The second-order valence-electron chi connectivity index (χ2n) is 6.90. The summed E-state index contributed by atoms with van der Waals surface area (Å²) in [5, 5.41) is 9.87. The zero-order valence-corrected chi connectivity index (χ0v) is 18.2. The van der Waals surface area contributed by atoms with Crippen LogP contribution in [0.4, 0.5) is 0 Å². The fourth-order valence-corrected chi connectivity index (χ4v) is 4.47. The number of ether oxygens (including phenoxy) is 2. The van der Waals surface area contributed by atoms with Crippen molar-refractivity contribution in [3.63, 3.8) is 0 Å². The number of hydrogen-bond donors (Lipinski definition) is 1. The Kier molecular flexibility index (Phi) is 6.33. The highest BCUT2D eigenvalue weighted by Gasteiger charge is 2.39. The summed E-state index contributed by atoms with van der Waals surface area (Å²) in [7, 11) is 1.81. The fourth-order valence-electron chi connectivity index (χ4n) is 3.90. The van der Waals surface area contributed by atoms with Gasteiger partial charge in [0, 0.05) is 24.7 Å². The van der Waals surface area contributed by atoms with Crippen LogP contribution in [0.3, 0.4) is 0 Å². The molecule has 0 spiro atoms. The number of nitrogens with zero attached hydrogens (tertiary/aromatic N) is 2. The van der Waals surface area contributed by atoms with Crippen LogP contribution in [0.5, 0.6) is 11.5 Å². The van der Waals surface area contributed by atoms with E-state index >= 15 is 0 Å². The predicted octanol–water partition coefficient (Wildman–Crippen LogP) is 4.14. The second-order valence-corrected chi connectivity index (χ2v) is 7.76. The number of carbonyl (C=O) groups is 1. The zero-order chi connectivity index (χ0) is 21.1. The van der Waals surface area contributed by atoms with Crippen LogP contribution in [0.1, 0.15) is 37.7 Å². The Morgan fingerprint density at radius 1 is 1.41 bits per heavy atom. The van der Waals surface area contributed by atoms with Gasteiger partial charge >= 0.3 is 0 Å². The van der Waals surface area contributed by atoms with E-state index in [0.29, 0.717) is 52.6 Å². The van der Waals surface area contributed by atoms with Crippen LogP contribution < -0.4 is 15.2 Å². The number of nitrogens with two attached hydrogens (primary N) is 1. The molecule has 0 unspecified atom stereocenters. The van der Waals surface area contributed by atoms with Gasteiger partial charge in [-0.05, 0) is 53.4 Å². The molecule has 0 aromatic heterocycles. The van der Waals surface area contributed by atoms with Crippen molar-refractivity contribution < 1.29 is 14.3 Å². The number of ketones is 1. The van der Waals surface area contributed by atoms with E-state index in [-0.39, 0.29) is 5.78 Å². The summed E-state index contributed by atoms with van der Waals surface area (Å²) in [6.07, 6.45) is 3.67. The molecule has 0 bridgehead atoms. The molecule has 0 radical (unpaired) electrons. The monoisotopic (exact) mass is 457 g/mol. The summed E-state index contributed by atoms with van der Waals surface area (Å²) in [4.78, 5) is 14.7. The molecular weight excluding hydrogens is 434 g/mol. The lowest BCUT2D eigenvalue weighted by Crippen LogP contribution is -2.36. The Balaban J connectivity index is 2.21. The Morgan fingerprint density at radius 3 is 2.83 bits per heavy atom. The third kappa shape index (κ3) is 3.77. The Morgan fingerprint density at radius 2 is 2.17 bits per heavy atom. The van der Waals surface area contributed by atoms with Gasteiger partial charge in [-0.25, -0.2) is 0 Å². The van der Waals surface area contributed by atoms with Crippen molar-refractivity contribution in [3.8, 4) is 17.6 Å². The number of allylic oxidation sites excluding steroid dienone is 3. The molecule has 0 saturated carbocycles. The molecule has 1 aliphatic carbocycles. The van der Waals surface area contributed by atoms with Crippen molar-refractivity contribution in [2.75, 3.05) is 20.3 Å². The molecule has 29 heavy (non-hydrogen) atoms. The smallest absolute Gasteiger partial charge is 0.175 e. The lowest BCUT2D eigenvalue weighted by Gasteiger charge is -2.37. The molecule has 1 aliphatic heterocycles. The van der Waals surface area contributed by atoms with Gasteiger partial charge in [0.2, 0.25) is 0 Å². The topological polar surface area (TPSA) is 88.6 Å². The van der Waals surface area contributed by atoms with E-state index < -0.39 is 5.92 Å². The average molecular weight is 458 g/mol. The summed E-state index contributed by atoms with van der Waals surface area (Å²) >= 11 is 3.56. The lowest BCUT2D eigenvalue weighted by molar-refractivity contribution is -0.116. The predicted molar refractivity (Wildman–Crippen MR) is 114 cm³/mol. The summed E-state index contributed by atoms with van der Waals surface area (Å²) in [6.45, 7) is 6.34. The fraction of sp³-hybridized carbons (Fsp3) is 0.364. The summed E-state index contributed by atoms with van der Waals surface area (Å²) < 4.78 is 12.2. The van der Waals surface area contributed by atoms with Crippen LogP contribution >= 0.6 is 15.9 Å². The summed E-state index contributed by atoms with van der Waals surface area (Å²) in [6, 6.07) is 5.93. The van der Waals surface area contributed by atoms with Gasteiger partial charge in [0.05, 0.1) is 28.6 Å².